The van der Waals surface area contributed by atoms with Crippen molar-refractivity contribution in [3.63, 3.8) is 0 Å². The molecule has 0 aromatic carbocycles. The molecule has 0 amide bonds. The van der Waals surface area contributed by atoms with Gasteiger partial charge >= 0.3 is 0 Å². The van der Waals surface area contributed by atoms with E-state index in [4.69, 9.17) is 10.5 Å². The van der Waals surface area contributed by atoms with Crippen molar-refractivity contribution >= 4 is 0 Å². The van der Waals surface area contributed by atoms with Gasteiger partial charge in [-0.3, -0.25) is 0 Å². The summed E-state index contributed by atoms with van der Waals surface area (Å²) in [6.07, 6.45) is 5.32. The van der Waals surface area contributed by atoms with E-state index in [0.29, 0.717) is 6.10 Å². The molecule has 12 heavy (non-hydrogen) atoms. The molecule has 2 heteroatoms. The molecule has 0 radical (unpaired) electrons. The van der Waals surface area contributed by atoms with Crippen LogP contribution in [0.2, 0.25) is 0 Å². The van der Waals surface area contributed by atoms with E-state index < -0.39 is 0 Å². The number of nitrogens with two attached hydrogens (primary N) is 1. The van der Waals surface area contributed by atoms with Gasteiger partial charge in [-0.25, -0.2) is 0 Å². The Kier molecular flexibility index (Phi) is 4.02. The topological polar surface area (TPSA) is 35.2 Å². The van der Waals surface area contributed by atoms with E-state index in [-0.39, 0.29) is 6.04 Å². The van der Waals surface area contributed by atoms with Gasteiger partial charge in [-0.2, -0.15) is 0 Å². The zero-order valence-corrected chi connectivity index (χ0v) is 8.25. The summed E-state index contributed by atoms with van der Waals surface area (Å²) >= 11 is 0. The van der Waals surface area contributed by atoms with Crippen molar-refractivity contribution in [3.8, 4) is 0 Å². The third kappa shape index (κ3) is 2.20. The van der Waals surface area contributed by atoms with Gasteiger partial charge in [0.15, 0.2) is 0 Å². The number of hydrogen-bond donors (Lipinski definition) is 1. The SMILES string of the molecule is CCOC(CC)C(N)C1CCC1. The highest BCUT2D eigenvalue weighted by Gasteiger charge is 2.29. The van der Waals surface area contributed by atoms with Crippen LogP contribution in [-0.4, -0.2) is 18.8 Å². The van der Waals surface area contributed by atoms with Crippen molar-refractivity contribution < 1.29 is 4.74 Å². The van der Waals surface area contributed by atoms with Crippen LogP contribution in [0.5, 0.6) is 0 Å². The lowest BCUT2D eigenvalue weighted by Gasteiger charge is -2.35. The number of hydrogen-bond acceptors (Lipinski definition) is 2. The van der Waals surface area contributed by atoms with Crippen LogP contribution >= 0.6 is 0 Å². The summed E-state index contributed by atoms with van der Waals surface area (Å²) in [5.74, 6) is 0.737. The van der Waals surface area contributed by atoms with Crippen LogP contribution in [0.25, 0.3) is 0 Å². The Morgan fingerprint density at radius 3 is 2.42 bits per heavy atom. The lowest BCUT2D eigenvalue weighted by Crippen LogP contribution is -2.45. The quantitative estimate of drug-likeness (QED) is 0.686. The molecule has 0 aromatic heterocycles. The van der Waals surface area contributed by atoms with Gasteiger partial charge in [0.05, 0.1) is 6.10 Å². The molecule has 0 spiro atoms. The zero-order valence-electron chi connectivity index (χ0n) is 8.25. The molecule has 1 aliphatic carbocycles. The molecule has 2 N–H and O–H groups in total. The molecular weight excluding hydrogens is 150 g/mol. The van der Waals surface area contributed by atoms with Crippen LogP contribution < -0.4 is 5.73 Å². The minimum atomic E-state index is 0.281. The second-order valence-corrected chi connectivity index (χ2v) is 3.67. The second kappa shape index (κ2) is 4.83. The largest absolute Gasteiger partial charge is 0.377 e. The highest BCUT2D eigenvalue weighted by molar-refractivity contribution is 4.85. The summed E-state index contributed by atoms with van der Waals surface area (Å²) < 4.78 is 5.58. The molecule has 0 saturated heterocycles. The Balaban J connectivity index is 2.29. The summed E-state index contributed by atoms with van der Waals surface area (Å²) in [4.78, 5) is 0. The average Bonchev–Trinajstić information content (AvgIpc) is 1.96. The Hall–Kier alpha value is -0.0800. The number of rotatable bonds is 5. The lowest BCUT2D eigenvalue weighted by molar-refractivity contribution is 0.0147. The molecule has 0 heterocycles. The molecule has 1 saturated carbocycles. The minimum absolute atomic E-state index is 0.281. The Labute approximate surface area is 75.5 Å². The van der Waals surface area contributed by atoms with Crippen LogP contribution in [-0.2, 0) is 4.74 Å². The third-order valence-corrected chi connectivity index (χ3v) is 2.91. The van der Waals surface area contributed by atoms with E-state index in [0.717, 1.165) is 18.9 Å². The molecule has 2 nitrogen and oxygen atoms in total. The van der Waals surface area contributed by atoms with Gasteiger partial charge in [0.1, 0.15) is 0 Å². The fraction of sp³-hybridized carbons (Fsp3) is 1.00. The predicted octanol–water partition coefficient (Wildman–Crippen LogP) is 1.93. The van der Waals surface area contributed by atoms with Crippen molar-refractivity contribution in [2.75, 3.05) is 6.61 Å². The zero-order chi connectivity index (χ0) is 8.97. The van der Waals surface area contributed by atoms with Crippen molar-refractivity contribution in [3.05, 3.63) is 0 Å². The highest BCUT2D eigenvalue weighted by Crippen LogP contribution is 2.31. The monoisotopic (exact) mass is 171 g/mol. The first kappa shape index (κ1) is 10.0. The Morgan fingerprint density at radius 2 is 2.08 bits per heavy atom. The van der Waals surface area contributed by atoms with Gasteiger partial charge in [0.2, 0.25) is 0 Å². The molecule has 1 aliphatic rings. The van der Waals surface area contributed by atoms with Gasteiger partial charge < -0.3 is 10.5 Å². The molecule has 0 bridgehead atoms. The predicted molar refractivity (Wildman–Crippen MR) is 51.0 cm³/mol. The van der Waals surface area contributed by atoms with Crippen LogP contribution in [0.4, 0.5) is 0 Å². The molecule has 1 rings (SSSR count). The molecule has 0 aromatic rings. The standard InChI is InChI=1S/C10H21NO/c1-3-9(12-4-2)10(11)8-6-5-7-8/h8-10H,3-7,11H2,1-2H3. The van der Waals surface area contributed by atoms with Gasteiger partial charge in [-0.15, -0.1) is 0 Å². The van der Waals surface area contributed by atoms with E-state index in [1.54, 1.807) is 0 Å². The van der Waals surface area contributed by atoms with Gasteiger partial charge in [0.25, 0.3) is 0 Å². The van der Waals surface area contributed by atoms with Gasteiger partial charge in [-0.05, 0) is 32.1 Å². The Morgan fingerprint density at radius 1 is 1.42 bits per heavy atom. The van der Waals surface area contributed by atoms with Crippen LogP contribution in [0, 0.1) is 5.92 Å². The van der Waals surface area contributed by atoms with E-state index in [2.05, 4.69) is 6.92 Å². The summed E-state index contributed by atoms with van der Waals surface area (Å²) in [5.41, 5.74) is 6.09. The van der Waals surface area contributed by atoms with E-state index in [1.165, 1.54) is 19.3 Å². The maximum atomic E-state index is 6.09. The molecular formula is C10H21NO. The molecule has 0 aliphatic heterocycles. The normalized spacial score (nSPS) is 23.2. The maximum absolute atomic E-state index is 6.09. The molecule has 1 fully saturated rings. The maximum Gasteiger partial charge on any atom is 0.0725 e. The van der Waals surface area contributed by atoms with E-state index >= 15 is 0 Å². The second-order valence-electron chi connectivity index (χ2n) is 3.67. The van der Waals surface area contributed by atoms with Crippen LogP contribution in [0.1, 0.15) is 39.5 Å². The van der Waals surface area contributed by atoms with Crippen molar-refractivity contribution in [1.82, 2.24) is 0 Å². The van der Waals surface area contributed by atoms with E-state index in [1.807, 2.05) is 6.92 Å². The first-order valence-electron chi connectivity index (χ1n) is 5.16. The molecule has 72 valence electrons. The fourth-order valence-electron chi connectivity index (χ4n) is 1.84. The lowest BCUT2D eigenvalue weighted by atomic mass is 9.77. The fourth-order valence-corrected chi connectivity index (χ4v) is 1.84. The highest BCUT2D eigenvalue weighted by atomic mass is 16.5. The smallest absolute Gasteiger partial charge is 0.0725 e. The molecule has 2 unspecified atom stereocenters. The van der Waals surface area contributed by atoms with Crippen molar-refractivity contribution in [1.29, 1.82) is 0 Å². The number of ether oxygens (including phenoxy) is 1. The van der Waals surface area contributed by atoms with Gasteiger partial charge in [0, 0.05) is 12.6 Å². The summed E-state index contributed by atoms with van der Waals surface area (Å²) in [5, 5.41) is 0. The average molecular weight is 171 g/mol. The van der Waals surface area contributed by atoms with Crippen LogP contribution in [0.3, 0.4) is 0 Å². The van der Waals surface area contributed by atoms with Crippen LogP contribution in [0.15, 0.2) is 0 Å². The van der Waals surface area contributed by atoms with Crippen molar-refractivity contribution in [2.24, 2.45) is 11.7 Å². The first-order chi connectivity index (χ1) is 5.79. The van der Waals surface area contributed by atoms with E-state index in [9.17, 15) is 0 Å². The summed E-state index contributed by atoms with van der Waals surface area (Å²) in [7, 11) is 0. The van der Waals surface area contributed by atoms with Crippen molar-refractivity contribution in [2.45, 2.75) is 51.7 Å². The van der Waals surface area contributed by atoms with Gasteiger partial charge in [-0.1, -0.05) is 13.3 Å². The Bertz CT molecular complexity index is 123. The summed E-state index contributed by atoms with van der Waals surface area (Å²) in [6, 6.07) is 0.281. The minimum Gasteiger partial charge on any atom is -0.377 e. The molecule has 2 atom stereocenters. The third-order valence-electron chi connectivity index (χ3n) is 2.91. The first-order valence-corrected chi connectivity index (χ1v) is 5.16. The summed E-state index contributed by atoms with van der Waals surface area (Å²) in [6.45, 7) is 4.98.